The van der Waals surface area contributed by atoms with E-state index in [0.717, 1.165) is 42.9 Å². The normalized spacial score (nSPS) is 14.3. The average molecular weight is 560 g/mol. The summed E-state index contributed by atoms with van der Waals surface area (Å²) < 4.78 is 28.9. The summed E-state index contributed by atoms with van der Waals surface area (Å²) in [6, 6.07) is 9.23. The molecule has 11 nitrogen and oxygen atoms in total. The Hall–Kier alpha value is -4.71. The number of anilines is 1. The Morgan fingerprint density at radius 1 is 1.02 bits per heavy atom. The molecule has 4 heterocycles. The van der Waals surface area contributed by atoms with Gasteiger partial charge in [-0.1, -0.05) is 0 Å². The van der Waals surface area contributed by atoms with Crippen LogP contribution in [0, 0.1) is 13.8 Å². The topological polar surface area (TPSA) is 118 Å². The Kier molecular flexibility index (Phi) is 6.46. The number of ether oxygens (including phenoxy) is 5. The Labute approximate surface area is 233 Å². The molecule has 40 heavy (non-hydrogen) atoms. The number of methoxy groups -OCH3 is 2. The molecule has 1 aliphatic rings. The fourth-order valence-electron chi connectivity index (χ4n) is 4.41. The Morgan fingerprint density at radius 3 is 2.60 bits per heavy atom. The summed E-state index contributed by atoms with van der Waals surface area (Å²) in [6.07, 6.45) is 1.59. The van der Waals surface area contributed by atoms with E-state index in [1.54, 1.807) is 32.5 Å². The molecule has 0 unspecified atom stereocenters. The molecule has 1 atom stereocenters. The first kappa shape index (κ1) is 25.6. The van der Waals surface area contributed by atoms with Crippen LogP contribution in [0.1, 0.15) is 11.1 Å². The Bertz CT molecular complexity index is 1760. The highest BCUT2D eigenvalue weighted by Crippen LogP contribution is 2.46. The zero-order valence-electron chi connectivity index (χ0n) is 22.4. The number of fused-ring (bicyclic) bond motifs is 4. The number of rotatable bonds is 5. The lowest BCUT2D eigenvalue weighted by atomic mass is 10.1. The van der Waals surface area contributed by atoms with Gasteiger partial charge in [0.1, 0.15) is 9.71 Å². The van der Waals surface area contributed by atoms with E-state index in [1.807, 2.05) is 32.0 Å². The molecule has 0 spiro atoms. The van der Waals surface area contributed by atoms with Crippen LogP contribution in [0.25, 0.3) is 31.8 Å². The predicted octanol–water partition coefficient (Wildman–Crippen LogP) is 5.31. The molecule has 0 saturated heterocycles. The maximum Gasteiger partial charge on any atom is 0.417 e. The minimum atomic E-state index is -0.927. The summed E-state index contributed by atoms with van der Waals surface area (Å²) >= 11 is 1.48. The molecule has 5 aromatic rings. The van der Waals surface area contributed by atoms with Crippen LogP contribution in [0.3, 0.4) is 0 Å². The maximum atomic E-state index is 12.8. The molecule has 6 rings (SSSR count). The van der Waals surface area contributed by atoms with Gasteiger partial charge < -0.3 is 23.7 Å². The first-order valence-electron chi connectivity index (χ1n) is 12.3. The second-order valence-corrected chi connectivity index (χ2v) is 10.2. The zero-order valence-corrected chi connectivity index (χ0v) is 23.2. The average Bonchev–Trinajstić information content (AvgIpc) is 3.42. The summed E-state index contributed by atoms with van der Waals surface area (Å²) in [6.45, 7) is 3.98. The summed E-state index contributed by atoms with van der Waals surface area (Å²) in [5, 5.41) is 0.784. The number of benzene rings is 2. The highest BCUT2D eigenvalue weighted by Gasteiger charge is 2.30. The highest BCUT2D eigenvalue weighted by molar-refractivity contribution is 7.22. The van der Waals surface area contributed by atoms with Crippen molar-refractivity contribution in [2.24, 2.45) is 0 Å². The van der Waals surface area contributed by atoms with Crippen LogP contribution in [0.15, 0.2) is 42.7 Å². The van der Waals surface area contributed by atoms with E-state index in [-0.39, 0.29) is 6.61 Å². The van der Waals surface area contributed by atoms with Crippen LogP contribution in [-0.2, 0) is 4.74 Å². The molecule has 2 aromatic carbocycles. The van der Waals surface area contributed by atoms with Crippen molar-refractivity contribution in [2.45, 2.75) is 20.1 Å². The zero-order chi connectivity index (χ0) is 28.0. The number of thiazole rings is 1. The third-order valence-electron chi connectivity index (χ3n) is 6.43. The Morgan fingerprint density at radius 2 is 1.85 bits per heavy atom. The van der Waals surface area contributed by atoms with Gasteiger partial charge in [-0.05, 0) is 49.2 Å². The van der Waals surface area contributed by atoms with Gasteiger partial charge in [0.05, 0.1) is 48.9 Å². The van der Waals surface area contributed by atoms with Gasteiger partial charge in [-0.25, -0.2) is 24.7 Å². The molecule has 3 aromatic heterocycles. The summed E-state index contributed by atoms with van der Waals surface area (Å²) in [5.74, 6) is 1.94. The van der Waals surface area contributed by atoms with Crippen molar-refractivity contribution >= 4 is 44.4 Å². The van der Waals surface area contributed by atoms with Crippen molar-refractivity contribution < 1.29 is 28.5 Å². The van der Waals surface area contributed by atoms with Crippen LogP contribution in [0.4, 0.5) is 10.5 Å². The monoisotopic (exact) mass is 559 g/mol. The fourth-order valence-corrected chi connectivity index (χ4v) is 5.56. The predicted molar refractivity (Wildman–Crippen MR) is 150 cm³/mol. The van der Waals surface area contributed by atoms with Crippen molar-refractivity contribution in [3.8, 4) is 33.8 Å². The van der Waals surface area contributed by atoms with E-state index >= 15 is 0 Å². The number of hydrogen-bond acceptors (Lipinski definition) is 11. The number of hydrogen-bond donors (Lipinski definition) is 0. The minimum Gasteiger partial charge on any atom is -0.481 e. The molecule has 0 fully saturated rings. The first-order valence-corrected chi connectivity index (χ1v) is 13.2. The van der Waals surface area contributed by atoms with Crippen LogP contribution in [-0.4, -0.2) is 60.2 Å². The molecule has 1 aliphatic heterocycles. The number of carbonyl (C=O) groups excluding carboxylic acids is 1. The lowest BCUT2D eigenvalue weighted by Crippen LogP contribution is -2.38. The molecule has 0 N–H and O–H groups in total. The van der Waals surface area contributed by atoms with Crippen LogP contribution in [0.2, 0.25) is 0 Å². The molecule has 0 bridgehead atoms. The van der Waals surface area contributed by atoms with Gasteiger partial charge >= 0.3 is 6.09 Å². The van der Waals surface area contributed by atoms with Crippen molar-refractivity contribution in [3.05, 3.63) is 53.9 Å². The quantitative estimate of drug-likeness (QED) is 0.280. The van der Waals surface area contributed by atoms with Gasteiger partial charge in [0.15, 0.2) is 18.1 Å². The number of aryl methyl sites for hydroxylation is 2. The van der Waals surface area contributed by atoms with E-state index in [1.165, 1.54) is 29.5 Å². The fraction of sp³-hybridized carbons (Fsp3) is 0.250. The van der Waals surface area contributed by atoms with Crippen LogP contribution >= 0.6 is 11.3 Å². The van der Waals surface area contributed by atoms with Gasteiger partial charge in [0.2, 0.25) is 11.8 Å². The first-order chi connectivity index (χ1) is 19.3. The smallest absolute Gasteiger partial charge is 0.417 e. The number of nitrogens with zero attached hydrogens (tertiary/aromatic N) is 5. The van der Waals surface area contributed by atoms with Gasteiger partial charge in [-0.15, -0.1) is 11.3 Å². The maximum absolute atomic E-state index is 12.8. The van der Waals surface area contributed by atoms with Crippen molar-refractivity contribution in [1.29, 1.82) is 0 Å². The molecule has 0 radical (unpaired) electrons. The van der Waals surface area contributed by atoms with Gasteiger partial charge in [-0.2, -0.15) is 0 Å². The summed E-state index contributed by atoms with van der Waals surface area (Å²) in [4.78, 5) is 32.3. The second-order valence-electron chi connectivity index (χ2n) is 9.17. The minimum absolute atomic E-state index is 0.0253. The number of amides is 1. The molecule has 12 heteroatoms. The third kappa shape index (κ3) is 4.56. The number of aromatic nitrogens is 4. The number of pyridine rings is 1. The van der Waals surface area contributed by atoms with Crippen molar-refractivity contribution in [1.82, 2.24) is 19.9 Å². The van der Waals surface area contributed by atoms with E-state index in [9.17, 15) is 4.79 Å². The van der Waals surface area contributed by atoms with Crippen LogP contribution < -0.4 is 23.8 Å². The van der Waals surface area contributed by atoms with E-state index in [2.05, 4.69) is 15.0 Å². The molecular weight excluding hydrogens is 534 g/mol. The molecule has 0 aliphatic carbocycles. The van der Waals surface area contributed by atoms with E-state index < -0.39 is 12.4 Å². The lowest BCUT2D eigenvalue weighted by Gasteiger charge is -2.28. The summed E-state index contributed by atoms with van der Waals surface area (Å²) in [7, 11) is 4.68. The molecular formula is C28H25N5O6S. The van der Waals surface area contributed by atoms with Gasteiger partial charge in [0, 0.05) is 18.7 Å². The van der Waals surface area contributed by atoms with E-state index in [4.69, 9.17) is 28.7 Å². The highest BCUT2D eigenvalue weighted by atomic mass is 32.1. The lowest BCUT2D eigenvalue weighted by molar-refractivity contribution is -0.0718. The van der Waals surface area contributed by atoms with Gasteiger partial charge in [0.25, 0.3) is 6.29 Å². The second kappa shape index (κ2) is 10.1. The standard InChI is InChI=1S/C28H25N5O6S/c1-14-8-17(24-18(9-14)31-21(36-5)12-30-24)27-32-23-15(2)10-19-25(26(23)40-27)37-13-22(38-19)39-28(34)33(3)16-6-7-20(35-4)29-11-16/h6-12,22H,13H2,1-5H3/t22-/m1/s1. The molecule has 1 amide bonds. The van der Waals surface area contributed by atoms with E-state index in [0.29, 0.717) is 28.9 Å². The third-order valence-corrected chi connectivity index (χ3v) is 7.52. The van der Waals surface area contributed by atoms with Crippen LogP contribution in [0.5, 0.6) is 23.3 Å². The molecule has 0 saturated carbocycles. The van der Waals surface area contributed by atoms with Crippen molar-refractivity contribution in [2.75, 3.05) is 32.8 Å². The summed E-state index contributed by atoms with van der Waals surface area (Å²) in [5.41, 5.74) is 5.62. The van der Waals surface area contributed by atoms with Crippen molar-refractivity contribution in [3.63, 3.8) is 0 Å². The Balaban J connectivity index is 1.28. The SMILES string of the molecule is COc1ccc(N(C)C(=O)O[C@@H]2COc3c(cc(C)c4nc(-c5cc(C)cc6nc(OC)cnc56)sc34)O2)cn1. The number of carbonyl (C=O) groups is 1. The van der Waals surface area contributed by atoms with Gasteiger partial charge in [-0.3, -0.25) is 4.90 Å². The molecule has 204 valence electrons. The largest absolute Gasteiger partial charge is 0.481 e.